The number of nitrogens with one attached hydrogen (secondary N) is 2. The first-order valence-electron chi connectivity index (χ1n) is 5.71. The van der Waals surface area contributed by atoms with E-state index in [9.17, 15) is 4.79 Å². The van der Waals surface area contributed by atoms with Crippen molar-refractivity contribution in [2.45, 2.75) is 27.2 Å². The van der Waals surface area contributed by atoms with Gasteiger partial charge in [0.25, 0.3) is 5.91 Å². The molecule has 1 aromatic rings. The van der Waals surface area contributed by atoms with Gasteiger partial charge in [-0.15, -0.1) is 0 Å². The van der Waals surface area contributed by atoms with Crippen LogP contribution < -0.4 is 10.6 Å². The lowest BCUT2D eigenvalue weighted by atomic mass is 10.2. The third-order valence-corrected chi connectivity index (χ3v) is 2.30. The summed E-state index contributed by atoms with van der Waals surface area (Å²) in [6.45, 7) is 8.19. The summed E-state index contributed by atoms with van der Waals surface area (Å²) in [5.74, 6) is 1.39. The van der Waals surface area contributed by atoms with Crippen LogP contribution in [0.4, 0.5) is 0 Å². The first-order valence-corrected chi connectivity index (χ1v) is 5.71. The Balaban J connectivity index is 2.33. The molecule has 0 saturated carbocycles. The highest BCUT2D eigenvalue weighted by molar-refractivity contribution is 5.95. The summed E-state index contributed by atoms with van der Waals surface area (Å²) in [6.07, 6.45) is 1.11. The molecule has 0 unspecified atom stereocenters. The molecule has 0 radical (unpaired) electrons. The Bertz CT molecular complexity index is 345. The number of furan rings is 1. The van der Waals surface area contributed by atoms with Crippen LogP contribution in [0, 0.1) is 13.8 Å². The van der Waals surface area contributed by atoms with Crippen LogP contribution in [0.15, 0.2) is 10.5 Å². The van der Waals surface area contributed by atoms with Crippen LogP contribution in [0.2, 0.25) is 0 Å². The molecule has 0 aliphatic carbocycles. The van der Waals surface area contributed by atoms with E-state index >= 15 is 0 Å². The first-order chi connectivity index (χ1) is 7.65. The zero-order chi connectivity index (χ0) is 12.0. The van der Waals surface area contributed by atoms with Gasteiger partial charge in [-0.25, -0.2) is 0 Å². The van der Waals surface area contributed by atoms with E-state index in [1.807, 2.05) is 6.92 Å². The van der Waals surface area contributed by atoms with E-state index in [0.717, 1.165) is 25.3 Å². The van der Waals surface area contributed by atoms with Crippen LogP contribution in [-0.4, -0.2) is 25.5 Å². The van der Waals surface area contributed by atoms with Crippen LogP contribution in [0.1, 0.15) is 35.2 Å². The van der Waals surface area contributed by atoms with E-state index in [2.05, 4.69) is 17.6 Å². The molecule has 2 N–H and O–H groups in total. The molecule has 1 aromatic heterocycles. The van der Waals surface area contributed by atoms with Crippen LogP contribution in [0.5, 0.6) is 0 Å². The molecule has 0 spiro atoms. The molecule has 4 nitrogen and oxygen atoms in total. The largest absolute Gasteiger partial charge is 0.466 e. The SMILES string of the molecule is CCCNCCNC(=O)c1cc(C)oc1C. The number of carbonyl (C=O) groups is 1. The maximum atomic E-state index is 11.7. The van der Waals surface area contributed by atoms with E-state index in [-0.39, 0.29) is 5.91 Å². The fourth-order valence-corrected chi connectivity index (χ4v) is 1.52. The van der Waals surface area contributed by atoms with Crippen molar-refractivity contribution in [3.8, 4) is 0 Å². The van der Waals surface area contributed by atoms with E-state index in [1.165, 1.54) is 0 Å². The van der Waals surface area contributed by atoms with Gasteiger partial charge < -0.3 is 15.1 Å². The van der Waals surface area contributed by atoms with Crippen LogP contribution >= 0.6 is 0 Å². The maximum Gasteiger partial charge on any atom is 0.254 e. The Morgan fingerprint density at radius 3 is 2.62 bits per heavy atom. The van der Waals surface area contributed by atoms with Gasteiger partial charge in [0, 0.05) is 13.1 Å². The second-order valence-electron chi connectivity index (χ2n) is 3.83. The third kappa shape index (κ3) is 3.70. The summed E-state index contributed by atoms with van der Waals surface area (Å²) in [5, 5.41) is 6.07. The van der Waals surface area contributed by atoms with Gasteiger partial charge in [0.2, 0.25) is 0 Å². The summed E-state index contributed by atoms with van der Waals surface area (Å²) in [6, 6.07) is 1.77. The van der Waals surface area contributed by atoms with Crippen molar-refractivity contribution in [3.63, 3.8) is 0 Å². The molecule has 4 heteroatoms. The van der Waals surface area contributed by atoms with Gasteiger partial charge in [0.1, 0.15) is 11.5 Å². The Hall–Kier alpha value is -1.29. The van der Waals surface area contributed by atoms with Crippen LogP contribution in [0.3, 0.4) is 0 Å². The molecule has 16 heavy (non-hydrogen) atoms. The van der Waals surface area contributed by atoms with Crippen molar-refractivity contribution >= 4 is 5.91 Å². The molecule has 90 valence electrons. The lowest BCUT2D eigenvalue weighted by molar-refractivity contribution is 0.0952. The molecule has 0 aliphatic heterocycles. The summed E-state index contributed by atoms with van der Waals surface area (Å²) in [4.78, 5) is 11.7. The van der Waals surface area contributed by atoms with Crippen molar-refractivity contribution in [2.75, 3.05) is 19.6 Å². The van der Waals surface area contributed by atoms with Gasteiger partial charge in [-0.2, -0.15) is 0 Å². The minimum atomic E-state index is -0.0624. The quantitative estimate of drug-likeness (QED) is 0.722. The zero-order valence-electron chi connectivity index (χ0n) is 10.2. The number of rotatable bonds is 6. The number of hydrogen-bond acceptors (Lipinski definition) is 3. The van der Waals surface area contributed by atoms with Crippen molar-refractivity contribution in [1.82, 2.24) is 10.6 Å². The molecule has 0 aliphatic rings. The van der Waals surface area contributed by atoms with E-state index in [1.54, 1.807) is 13.0 Å². The fraction of sp³-hybridized carbons (Fsp3) is 0.583. The van der Waals surface area contributed by atoms with Crippen molar-refractivity contribution in [3.05, 3.63) is 23.2 Å². The van der Waals surface area contributed by atoms with Crippen molar-refractivity contribution in [2.24, 2.45) is 0 Å². The number of hydrogen-bond donors (Lipinski definition) is 2. The normalized spacial score (nSPS) is 10.4. The molecule has 0 aromatic carbocycles. The van der Waals surface area contributed by atoms with Crippen molar-refractivity contribution < 1.29 is 9.21 Å². The molecule has 1 heterocycles. The van der Waals surface area contributed by atoms with Crippen molar-refractivity contribution in [1.29, 1.82) is 0 Å². The topological polar surface area (TPSA) is 54.3 Å². The van der Waals surface area contributed by atoms with Gasteiger partial charge in [0.15, 0.2) is 0 Å². The maximum absolute atomic E-state index is 11.7. The molecule has 0 bridgehead atoms. The molecular formula is C12H20N2O2. The molecular weight excluding hydrogens is 204 g/mol. The smallest absolute Gasteiger partial charge is 0.254 e. The predicted octanol–water partition coefficient (Wildman–Crippen LogP) is 1.63. The molecule has 0 saturated heterocycles. The number of amides is 1. The Morgan fingerprint density at radius 2 is 2.06 bits per heavy atom. The minimum absolute atomic E-state index is 0.0624. The minimum Gasteiger partial charge on any atom is -0.466 e. The van der Waals surface area contributed by atoms with Crippen LogP contribution in [0.25, 0.3) is 0 Å². The highest BCUT2D eigenvalue weighted by Gasteiger charge is 2.12. The monoisotopic (exact) mass is 224 g/mol. The zero-order valence-corrected chi connectivity index (χ0v) is 10.2. The second kappa shape index (κ2) is 6.33. The summed E-state index contributed by atoms with van der Waals surface area (Å²) < 4.78 is 5.30. The van der Waals surface area contributed by atoms with E-state index in [0.29, 0.717) is 17.9 Å². The Morgan fingerprint density at radius 1 is 1.31 bits per heavy atom. The molecule has 0 fully saturated rings. The number of carbonyl (C=O) groups excluding carboxylic acids is 1. The highest BCUT2D eigenvalue weighted by atomic mass is 16.3. The van der Waals surface area contributed by atoms with Gasteiger partial charge >= 0.3 is 0 Å². The fourth-order valence-electron chi connectivity index (χ4n) is 1.52. The predicted molar refractivity (Wildman–Crippen MR) is 63.7 cm³/mol. The van der Waals surface area contributed by atoms with E-state index < -0.39 is 0 Å². The average Bonchev–Trinajstić information content (AvgIpc) is 2.57. The molecule has 1 amide bonds. The third-order valence-electron chi connectivity index (χ3n) is 2.30. The highest BCUT2D eigenvalue weighted by Crippen LogP contribution is 2.12. The van der Waals surface area contributed by atoms with Crippen LogP contribution in [-0.2, 0) is 0 Å². The molecule has 0 atom stereocenters. The Kier molecular flexibility index (Phi) is 5.05. The standard InChI is InChI=1S/C12H20N2O2/c1-4-5-13-6-7-14-12(15)11-8-9(2)16-10(11)3/h8,13H,4-7H2,1-3H3,(H,14,15). The lowest BCUT2D eigenvalue weighted by Crippen LogP contribution is -2.32. The van der Waals surface area contributed by atoms with Gasteiger partial charge in [-0.1, -0.05) is 6.92 Å². The lowest BCUT2D eigenvalue weighted by Gasteiger charge is -2.05. The molecule has 1 rings (SSSR count). The summed E-state index contributed by atoms with van der Waals surface area (Å²) in [7, 11) is 0. The van der Waals surface area contributed by atoms with Gasteiger partial charge in [-0.05, 0) is 32.9 Å². The van der Waals surface area contributed by atoms with E-state index in [4.69, 9.17) is 4.42 Å². The first kappa shape index (κ1) is 12.8. The summed E-state index contributed by atoms with van der Waals surface area (Å²) >= 11 is 0. The van der Waals surface area contributed by atoms with Gasteiger partial charge in [-0.3, -0.25) is 4.79 Å². The van der Waals surface area contributed by atoms with Gasteiger partial charge in [0.05, 0.1) is 5.56 Å². The second-order valence-corrected chi connectivity index (χ2v) is 3.83. The summed E-state index contributed by atoms with van der Waals surface area (Å²) in [5.41, 5.74) is 0.632. The average molecular weight is 224 g/mol. The Labute approximate surface area is 96.4 Å². The number of aryl methyl sites for hydroxylation is 2.